The molecule has 2 rings (SSSR count). The molecule has 0 spiro atoms. The average Bonchev–Trinajstić information content (AvgIpc) is 2.79. The van der Waals surface area contributed by atoms with E-state index in [0.29, 0.717) is 6.42 Å². The summed E-state index contributed by atoms with van der Waals surface area (Å²) in [6.45, 7) is 6.82. The molecule has 0 fully saturated rings. The Kier molecular flexibility index (Phi) is 3.75. The SMILES string of the molecule is CCn1cnc(Cc2ccc(F)c(C(C)C)c2)n1. The third-order valence-corrected chi connectivity index (χ3v) is 2.95. The lowest BCUT2D eigenvalue weighted by Gasteiger charge is -2.08. The summed E-state index contributed by atoms with van der Waals surface area (Å²) in [5, 5.41) is 4.33. The molecule has 0 N–H and O–H groups in total. The monoisotopic (exact) mass is 247 g/mol. The molecule has 3 nitrogen and oxygen atoms in total. The van der Waals surface area contributed by atoms with Gasteiger partial charge in [-0.1, -0.05) is 26.0 Å². The van der Waals surface area contributed by atoms with Crippen LogP contribution in [-0.2, 0) is 13.0 Å². The summed E-state index contributed by atoms with van der Waals surface area (Å²) in [7, 11) is 0. The Morgan fingerprint density at radius 1 is 1.33 bits per heavy atom. The number of hydrogen-bond donors (Lipinski definition) is 0. The first-order valence-electron chi connectivity index (χ1n) is 6.26. The van der Waals surface area contributed by atoms with Gasteiger partial charge in [-0.3, -0.25) is 4.68 Å². The molecule has 1 aromatic carbocycles. The van der Waals surface area contributed by atoms with E-state index in [4.69, 9.17) is 0 Å². The molecule has 0 bridgehead atoms. The maximum atomic E-state index is 13.6. The number of rotatable bonds is 4. The molecule has 0 radical (unpaired) electrons. The van der Waals surface area contributed by atoms with Crippen molar-refractivity contribution in [3.63, 3.8) is 0 Å². The van der Waals surface area contributed by atoms with E-state index in [1.54, 1.807) is 17.1 Å². The highest BCUT2D eigenvalue weighted by Gasteiger charge is 2.09. The minimum atomic E-state index is -0.138. The van der Waals surface area contributed by atoms with E-state index in [2.05, 4.69) is 10.1 Å². The summed E-state index contributed by atoms with van der Waals surface area (Å²) in [6.07, 6.45) is 2.37. The van der Waals surface area contributed by atoms with Gasteiger partial charge in [0.2, 0.25) is 0 Å². The molecule has 18 heavy (non-hydrogen) atoms. The number of nitrogens with zero attached hydrogens (tertiary/aromatic N) is 3. The predicted molar refractivity (Wildman–Crippen MR) is 69.0 cm³/mol. The van der Waals surface area contributed by atoms with Crippen molar-refractivity contribution in [3.05, 3.63) is 47.3 Å². The number of aromatic nitrogens is 3. The maximum Gasteiger partial charge on any atom is 0.154 e. The van der Waals surface area contributed by atoms with Crippen molar-refractivity contribution < 1.29 is 4.39 Å². The van der Waals surface area contributed by atoms with E-state index < -0.39 is 0 Å². The summed E-state index contributed by atoms with van der Waals surface area (Å²) in [6, 6.07) is 5.24. The molecule has 1 aromatic heterocycles. The number of benzene rings is 1. The molecule has 0 aliphatic heterocycles. The molecule has 0 amide bonds. The van der Waals surface area contributed by atoms with E-state index in [1.807, 2.05) is 26.8 Å². The van der Waals surface area contributed by atoms with E-state index in [-0.39, 0.29) is 11.7 Å². The highest BCUT2D eigenvalue weighted by Crippen LogP contribution is 2.20. The van der Waals surface area contributed by atoms with Gasteiger partial charge in [0.05, 0.1) is 0 Å². The fourth-order valence-electron chi connectivity index (χ4n) is 1.89. The first-order chi connectivity index (χ1) is 8.60. The van der Waals surface area contributed by atoms with Gasteiger partial charge in [0.25, 0.3) is 0 Å². The lowest BCUT2D eigenvalue weighted by Crippen LogP contribution is -1.99. The molecule has 1 heterocycles. The average molecular weight is 247 g/mol. The summed E-state index contributed by atoms with van der Waals surface area (Å²) in [5.41, 5.74) is 1.80. The van der Waals surface area contributed by atoms with Crippen molar-refractivity contribution in [2.75, 3.05) is 0 Å². The van der Waals surface area contributed by atoms with Crippen LogP contribution in [-0.4, -0.2) is 14.8 Å². The fraction of sp³-hybridized carbons (Fsp3) is 0.429. The summed E-state index contributed by atoms with van der Waals surface area (Å²) in [4.78, 5) is 4.24. The van der Waals surface area contributed by atoms with Crippen LogP contribution in [0.1, 0.15) is 43.6 Å². The van der Waals surface area contributed by atoms with Crippen molar-refractivity contribution in [2.45, 2.75) is 39.7 Å². The Morgan fingerprint density at radius 2 is 2.11 bits per heavy atom. The van der Waals surface area contributed by atoms with Crippen molar-refractivity contribution in [1.29, 1.82) is 0 Å². The lowest BCUT2D eigenvalue weighted by molar-refractivity contribution is 0.597. The largest absolute Gasteiger partial charge is 0.253 e. The Labute approximate surface area is 107 Å². The van der Waals surface area contributed by atoms with Crippen LogP contribution in [0.4, 0.5) is 4.39 Å². The Morgan fingerprint density at radius 3 is 2.72 bits per heavy atom. The second-order valence-electron chi connectivity index (χ2n) is 4.70. The first-order valence-corrected chi connectivity index (χ1v) is 6.26. The molecule has 0 saturated carbocycles. The molecule has 2 aromatic rings. The normalized spacial score (nSPS) is 11.2. The van der Waals surface area contributed by atoms with Crippen LogP contribution in [0.3, 0.4) is 0 Å². The van der Waals surface area contributed by atoms with Crippen LogP contribution in [0.15, 0.2) is 24.5 Å². The first kappa shape index (κ1) is 12.7. The van der Waals surface area contributed by atoms with Crippen molar-refractivity contribution >= 4 is 0 Å². The zero-order valence-electron chi connectivity index (χ0n) is 11.0. The number of hydrogen-bond acceptors (Lipinski definition) is 2. The molecule has 0 atom stereocenters. The van der Waals surface area contributed by atoms with Gasteiger partial charge in [-0.2, -0.15) is 5.10 Å². The lowest BCUT2D eigenvalue weighted by atomic mass is 9.99. The quantitative estimate of drug-likeness (QED) is 0.831. The minimum absolute atomic E-state index is 0.138. The Bertz CT molecular complexity index is 532. The van der Waals surface area contributed by atoms with Crippen LogP contribution in [0, 0.1) is 5.82 Å². The van der Waals surface area contributed by atoms with Crippen molar-refractivity contribution in [1.82, 2.24) is 14.8 Å². The highest BCUT2D eigenvalue weighted by atomic mass is 19.1. The van der Waals surface area contributed by atoms with Gasteiger partial charge < -0.3 is 0 Å². The van der Waals surface area contributed by atoms with Crippen LogP contribution in [0.25, 0.3) is 0 Å². The maximum absolute atomic E-state index is 13.6. The third-order valence-electron chi connectivity index (χ3n) is 2.95. The summed E-state index contributed by atoms with van der Waals surface area (Å²) < 4.78 is 15.4. The van der Waals surface area contributed by atoms with Crippen LogP contribution >= 0.6 is 0 Å². The Hall–Kier alpha value is -1.71. The molecule has 0 aliphatic rings. The smallest absolute Gasteiger partial charge is 0.154 e. The van der Waals surface area contributed by atoms with Gasteiger partial charge in [0.1, 0.15) is 12.1 Å². The van der Waals surface area contributed by atoms with Crippen LogP contribution in [0.2, 0.25) is 0 Å². The van der Waals surface area contributed by atoms with E-state index in [0.717, 1.165) is 23.5 Å². The zero-order chi connectivity index (χ0) is 13.1. The fourth-order valence-corrected chi connectivity index (χ4v) is 1.89. The van der Waals surface area contributed by atoms with Gasteiger partial charge in [-0.25, -0.2) is 9.37 Å². The van der Waals surface area contributed by atoms with Crippen LogP contribution < -0.4 is 0 Å². The molecule has 0 aliphatic carbocycles. The minimum Gasteiger partial charge on any atom is -0.253 e. The van der Waals surface area contributed by atoms with Crippen LogP contribution in [0.5, 0.6) is 0 Å². The van der Waals surface area contributed by atoms with E-state index >= 15 is 0 Å². The molecule has 96 valence electrons. The number of halogens is 1. The van der Waals surface area contributed by atoms with Crippen molar-refractivity contribution in [2.24, 2.45) is 0 Å². The molecule has 0 unspecified atom stereocenters. The van der Waals surface area contributed by atoms with Crippen molar-refractivity contribution in [3.8, 4) is 0 Å². The highest BCUT2D eigenvalue weighted by molar-refractivity contribution is 5.29. The van der Waals surface area contributed by atoms with Gasteiger partial charge in [0, 0.05) is 13.0 Å². The number of aryl methyl sites for hydroxylation is 1. The third kappa shape index (κ3) is 2.75. The molecular formula is C14H18FN3. The van der Waals surface area contributed by atoms with E-state index in [9.17, 15) is 4.39 Å². The standard InChI is InChI=1S/C14H18FN3/c1-4-18-9-16-14(17-18)8-11-5-6-13(15)12(7-11)10(2)3/h5-7,9-10H,4,8H2,1-3H3. The summed E-state index contributed by atoms with van der Waals surface area (Å²) >= 11 is 0. The zero-order valence-corrected chi connectivity index (χ0v) is 11.0. The predicted octanol–water partition coefficient (Wildman–Crippen LogP) is 3.15. The molecular weight excluding hydrogens is 229 g/mol. The molecule has 0 saturated heterocycles. The summed E-state index contributed by atoms with van der Waals surface area (Å²) in [5.74, 6) is 0.824. The van der Waals surface area contributed by atoms with Gasteiger partial charge in [-0.05, 0) is 30.0 Å². The second-order valence-corrected chi connectivity index (χ2v) is 4.70. The van der Waals surface area contributed by atoms with Gasteiger partial charge >= 0.3 is 0 Å². The topological polar surface area (TPSA) is 30.7 Å². The van der Waals surface area contributed by atoms with E-state index in [1.165, 1.54) is 6.07 Å². The van der Waals surface area contributed by atoms with Gasteiger partial charge in [-0.15, -0.1) is 0 Å². The molecule has 4 heteroatoms. The second kappa shape index (κ2) is 5.29. The van der Waals surface area contributed by atoms with Gasteiger partial charge in [0.15, 0.2) is 5.82 Å². The Balaban J connectivity index is 2.21.